The number of imide groups is 1. The number of nitrogens with zero attached hydrogens (tertiary/aromatic N) is 1. The minimum absolute atomic E-state index is 0.0371. The van der Waals surface area contributed by atoms with Crippen LogP contribution in [0.25, 0.3) is 0 Å². The quantitative estimate of drug-likeness (QED) is 0.858. The van der Waals surface area contributed by atoms with E-state index in [0.29, 0.717) is 4.90 Å². The van der Waals surface area contributed by atoms with Crippen LogP contribution in [0.5, 0.6) is 0 Å². The van der Waals surface area contributed by atoms with Gasteiger partial charge in [-0.15, -0.1) is 0 Å². The first kappa shape index (κ1) is 16.0. The van der Waals surface area contributed by atoms with Crippen molar-refractivity contribution in [2.75, 3.05) is 6.54 Å². The minimum atomic E-state index is -4.49. The third kappa shape index (κ3) is 3.44. The van der Waals surface area contributed by atoms with Gasteiger partial charge in [-0.05, 0) is 18.1 Å². The van der Waals surface area contributed by atoms with Crippen molar-refractivity contribution in [2.45, 2.75) is 19.0 Å². The second kappa shape index (κ2) is 5.78. The van der Waals surface area contributed by atoms with E-state index in [1.165, 1.54) is 12.1 Å². The highest BCUT2D eigenvalue weighted by atomic mass is 19.4. The summed E-state index contributed by atoms with van der Waals surface area (Å²) < 4.78 is 37.9. The second-order valence-corrected chi connectivity index (χ2v) is 5.02. The molecule has 1 saturated heterocycles. The zero-order chi connectivity index (χ0) is 16.5. The van der Waals surface area contributed by atoms with Gasteiger partial charge in [0.1, 0.15) is 6.54 Å². The lowest BCUT2D eigenvalue weighted by molar-refractivity contribution is -0.149. The Morgan fingerprint density at radius 1 is 1.32 bits per heavy atom. The van der Waals surface area contributed by atoms with Crippen LogP contribution in [0.1, 0.15) is 17.5 Å². The Hall–Kier alpha value is -2.38. The van der Waals surface area contributed by atoms with Gasteiger partial charge in [0.25, 0.3) is 0 Å². The molecule has 0 saturated carbocycles. The fourth-order valence-electron chi connectivity index (χ4n) is 2.37. The molecule has 8 heteroatoms. The van der Waals surface area contributed by atoms with E-state index in [0.717, 1.165) is 12.1 Å². The van der Waals surface area contributed by atoms with Crippen LogP contribution in [0.15, 0.2) is 24.3 Å². The first-order valence-corrected chi connectivity index (χ1v) is 6.40. The van der Waals surface area contributed by atoms with Crippen molar-refractivity contribution in [3.8, 4) is 0 Å². The molecule has 1 aromatic rings. The summed E-state index contributed by atoms with van der Waals surface area (Å²) in [5, 5.41) is 8.64. The SMILES string of the molecule is O=C(O)CN1C(=O)CC(Cc2cccc(C(F)(F)F)c2)C1=O. The summed E-state index contributed by atoms with van der Waals surface area (Å²) in [5.74, 6) is -3.43. The zero-order valence-corrected chi connectivity index (χ0v) is 11.3. The van der Waals surface area contributed by atoms with Gasteiger partial charge < -0.3 is 5.11 Å². The Balaban J connectivity index is 2.13. The predicted molar refractivity (Wildman–Crippen MR) is 67.6 cm³/mol. The van der Waals surface area contributed by atoms with Crippen molar-refractivity contribution in [2.24, 2.45) is 5.92 Å². The van der Waals surface area contributed by atoms with Crippen LogP contribution in [0, 0.1) is 5.92 Å². The maximum Gasteiger partial charge on any atom is 0.416 e. The molecular formula is C14H12F3NO4. The minimum Gasteiger partial charge on any atom is -0.480 e. The molecule has 0 aliphatic carbocycles. The number of carboxylic acids is 1. The van der Waals surface area contributed by atoms with Crippen LogP contribution < -0.4 is 0 Å². The molecule has 1 aliphatic heterocycles. The third-order valence-corrected chi connectivity index (χ3v) is 3.37. The van der Waals surface area contributed by atoms with E-state index < -0.39 is 42.0 Å². The standard InChI is InChI=1S/C14H12F3NO4/c15-14(16,17)10-3-1-2-8(5-10)4-9-6-11(19)18(13(9)22)7-12(20)21/h1-3,5,9H,4,6-7H2,(H,20,21). The fourth-order valence-corrected chi connectivity index (χ4v) is 2.37. The number of carboxylic acid groups (broad SMARTS) is 1. The van der Waals surface area contributed by atoms with Crippen LogP contribution >= 0.6 is 0 Å². The summed E-state index contributed by atoms with van der Waals surface area (Å²) in [6, 6.07) is 4.51. The molecule has 5 nitrogen and oxygen atoms in total. The summed E-state index contributed by atoms with van der Waals surface area (Å²) in [6.07, 6.45) is -4.71. The average Bonchev–Trinajstić information content (AvgIpc) is 2.65. The number of carbonyl (C=O) groups excluding carboxylic acids is 2. The van der Waals surface area contributed by atoms with Crippen molar-refractivity contribution in [3.05, 3.63) is 35.4 Å². The molecule has 0 radical (unpaired) electrons. The maximum atomic E-state index is 12.6. The first-order chi connectivity index (χ1) is 10.2. The summed E-state index contributed by atoms with van der Waals surface area (Å²) >= 11 is 0. The second-order valence-electron chi connectivity index (χ2n) is 5.02. The van der Waals surface area contributed by atoms with Crippen LogP contribution in [-0.4, -0.2) is 34.3 Å². The van der Waals surface area contributed by atoms with Crippen molar-refractivity contribution < 1.29 is 32.7 Å². The summed E-state index contributed by atoms with van der Waals surface area (Å²) in [6.45, 7) is -0.725. The van der Waals surface area contributed by atoms with E-state index in [4.69, 9.17) is 5.11 Å². The van der Waals surface area contributed by atoms with Gasteiger partial charge in [0.05, 0.1) is 11.5 Å². The molecule has 0 spiro atoms. The Bertz CT molecular complexity index is 627. The van der Waals surface area contributed by atoms with Crippen molar-refractivity contribution in [1.29, 1.82) is 0 Å². The van der Waals surface area contributed by atoms with Gasteiger partial charge in [-0.3, -0.25) is 19.3 Å². The molecule has 2 amide bonds. The zero-order valence-electron chi connectivity index (χ0n) is 11.3. The number of alkyl halides is 3. The van der Waals surface area contributed by atoms with E-state index in [9.17, 15) is 27.6 Å². The molecule has 1 unspecified atom stereocenters. The van der Waals surface area contributed by atoms with Crippen LogP contribution in [-0.2, 0) is 27.0 Å². The Labute approximate surface area is 123 Å². The number of carbonyl (C=O) groups is 3. The number of likely N-dealkylation sites (tertiary alicyclic amines) is 1. The van der Waals surface area contributed by atoms with Gasteiger partial charge in [-0.1, -0.05) is 18.2 Å². The van der Waals surface area contributed by atoms with Gasteiger partial charge in [-0.25, -0.2) is 0 Å². The number of aliphatic carboxylic acids is 1. The monoisotopic (exact) mass is 315 g/mol. The fraction of sp³-hybridized carbons (Fsp3) is 0.357. The van der Waals surface area contributed by atoms with Crippen LogP contribution in [0.4, 0.5) is 13.2 Å². The molecule has 1 aromatic carbocycles. The topological polar surface area (TPSA) is 74.7 Å². The Morgan fingerprint density at radius 2 is 2.00 bits per heavy atom. The van der Waals surface area contributed by atoms with E-state index in [-0.39, 0.29) is 18.4 Å². The summed E-state index contributed by atoms with van der Waals surface area (Å²) in [4.78, 5) is 34.8. The average molecular weight is 315 g/mol. The van der Waals surface area contributed by atoms with E-state index in [2.05, 4.69) is 0 Å². The number of hydrogen-bond donors (Lipinski definition) is 1. The largest absolute Gasteiger partial charge is 0.480 e. The highest BCUT2D eigenvalue weighted by Gasteiger charge is 2.39. The smallest absolute Gasteiger partial charge is 0.416 e. The van der Waals surface area contributed by atoms with Gasteiger partial charge in [0, 0.05) is 6.42 Å². The molecule has 2 rings (SSSR count). The highest BCUT2D eigenvalue weighted by molar-refractivity contribution is 6.05. The highest BCUT2D eigenvalue weighted by Crippen LogP contribution is 2.31. The maximum absolute atomic E-state index is 12.6. The van der Waals surface area contributed by atoms with E-state index in [1.807, 2.05) is 0 Å². The van der Waals surface area contributed by atoms with Gasteiger partial charge >= 0.3 is 12.1 Å². The van der Waals surface area contributed by atoms with Gasteiger partial charge in [-0.2, -0.15) is 13.2 Å². The lowest BCUT2D eigenvalue weighted by Crippen LogP contribution is -2.35. The number of benzene rings is 1. The van der Waals surface area contributed by atoms with Gasteiger partial charge in [0.15, 0.2) is 0 Å². The molecule has 0 bridgehead atoms. The normalized spacial score (nSPS) is 18.9. The molecule has 1 N–H and O–H groups in total. The van der Waals surface area contributed by atoms with Crippen LogP contribution in [0.3, 0.4) is 0 Å². The third-order valence-electron chi connectivity index (χ3n) is 3.37. The molecule has 1 fully saturated rings. The van der Waals surface area contributed by atoms with Crippen LogP contribution in [0.2, 0.25) is 0 Å². The number of amides is 2. The molecule has 0 aromatic heterocycles. The molecule has 1 heterocycles. The molecule has 118 valence electrons. The summed E-state index contributed by atoms with van der Waals surface area (Å²) in [7, 11) is 0. The molecular weight excluding hydrogens is 303 g/mol. The number of hydrogen-bond acceptors (Lipinski definition) is 3. The predicted octanol–water partition coefficient (Wildman–Crippen LogP) is 1.71. The Kier molecular flexibility index (Phi) is 4.20. The first-order valence-electron chi connectivity index (χ1n) is 6.40. The van der Waals surface area contributed by atoms with E-state index in [1.54, 1.807) is 0 Å². The molecule has 1 atom stereocenters. The number of halogens is 3. The number of rotatable bonds is 4. The van der Waals surface area contributed by atoms with Crippen molar-refractivity contribution in [3.63, 3.8) is 0 Å². The molecule has 22 heavy (non-hydrogen) atoms. The lowest BCUT2D eigenvalue weighted by atomic mass is 9.96. The summed E-state index contributed by atoms with van der Waals surface area (Å²) in [5.41, 5.74) is -0.553. The molecule has 1 aliphatic rings. The van der Waals surface area contributed by atoms with Crippen molar-refractivity contribution in [1.82, 2.24) is 4.90 Å². The van der Waals surface area contributed by atoms with Crippen molar-refractivity contribution >= 4 is 17.8 Å². The lowest BCUT2D eigenvalue weighted by Gasteiger charge is -2.13. The van der Waals surface area contributed by atoms with Gasteiger partial charge in [0.2, 0.25) is 11.8 Å². The van der Waals surface area contributed by atoms with E-state index >= 15 is 0 Å². The Morgan fingerprint density at radius 3 is 2.59 bits per heavy atom.